The number of hydrogen-bond acceptors (Lipinski definition) is 6. The summed E-state index contributed by atoms with van der Waals surface area (Å²) in [5.74, 6) is 4.11. The predicted molar refractivity (Wildman–Crippen MR) is 220 cm³/mol. The van der Waals surface area contributed by atoms with Gasteiger partial charge in [-0.05, 0) is 105 Å². The fourth-order valence-corrected chi connectivity index (χ4v) is 5.50. The van der Waals surface area contributed by atoms with Gasteiger partial charge in [0.25, 0.3) is 0 Å². The van der Waals surface area contributed by atoms with Crippen LogP contribution < -0.4 is 28.4 Å². The topological polar surface area (TPSA) is 55.4 Å². The molecule has 0 aliphatic carbocycles. The second-order valence-corrected chi connectivity index (χ2v) is 15.6. The van der Waals surface area contributed by atoms with Crippen molar-refractivity contribution in [2.75, 3.05) is 41.2 Å². The van der Waals surface area contributed by atoms with Crippen LogP contribution in [0.5, 0.6) is 34.5 Å². The highest BCUT2D eigenvalue weighted by Gasteiger charge is 2.11. The molecule has 0 atom stereocenters. The number of benzene rings is 3. The molecule has 0 fully saturated rings. The van der Waals surface area contributed by atoms with Gasteiger partial charge < -0.3 is 28.4 Å². The van der Waals surface area contributed by atoms with E-state index >= 15 is 0 Å². The van der Waals surface area contributed by atoms with Crippen molar-refractivity contribution in [3.05, 3.63) is 98.8 Å². The summed E-state index contributed by atoms with van der Waals surface area (Å²) in [6.07, 6.45) is 6.64. The van der Waals surface area contributed by atoms with Crippen molar-refractivity contribution in [3.8, 4) is 34.5 Å². The van der Waals surface area contributed by atoms with Crippen LogP contribution in [-0.2, 0) is 12.8 Å². The Kier molecular flexibility index (Phi) is 23.9. The number of halogens is 9. The Labute approximate surface area is 346 Å². The van der Waals surface area contributed by atoms with E-state index in [9.17, 15) is 0 Å². The molecule has 50 heavy (non-hydrogen) atoms. The third kappa shape index (κ3) is 17.5. The maximum absolute atomic E-state index is 6.12. The minimum Gasteiger partial charge on any atom is -0.495 e. The minimum atomic E-state index is 0.177. The molecule has 15 heteroatoms. The van der Waals surface area contributed by atoms with Gasteiger partial charge in [0, 0.05) is 18.2 Å². The summed E-state index contributed by atoms with van der Waals surface area (Å²) in [5.41, 5.74) is 2.94. The Morgan fingerprint density at radius 2 is 0.900 bits per heavy atom. The van der Waals surface area contributed by atoms with Gasteiger partial charge in [-0.1, -0.05) is 95.1 Å². The van der Waals surface area contributed by atoms with Crippen molar-refractivity contribution >= 4 is 113 Å². The van der Waals surface area contributed by atoms with Crippen LogP contribution >= 0.6 is 113 Å². The van der Waals surface area contributed by atoms with Gasteiger partial charge >= 0.3 is 0 Å². The molecule has 0 radical (unpaired) electrons. The van der Waals surface area contributed by atoms with Crippen molar-refractivity contribution in [1.29, 1.82) is 0 Å². The highest BCUT2D eigenvalue weighted by Crippen LogP contribution is 2.35. The van der Waals surface area contributed by atoms with E-state index in [2.05, 4.69) is 31.9 Å². The van der Waals surface area contributed by atoms with Gasteiger partial charge in [-0.15, -0.1) is 0 Å². The van der Waals surface area contributed by atoms with Gasteiger partial charge in [0.05, 0.1) is 39.8 Å². The first-order chi connectivity index (χ1) is 23.7. The molecule has 6 nitrogen and oxygen atoms in total. The summed E-state index contributed by atoms with van der Waals surface area (Å²) in [7, 11) is 4.78. The van der Waals surface area contributed by atoms with E-state index in [0.717, 1.165) is 44.4 Å². The monoisotopic (exact) mass is 956 g/mol. The molecular formula is C35H37Br2Cl7O6. The summed E-state index contributed by atoms with van der Waals surface area (Å²) < 4.78 is 33.2. The summed E-state index contributed by atoms with van der Waals surface area (Å²) in [6.45, 7) is 7.03. The fourth-order valence-electron chi connectivity index (χ4n) is 4.04. The largest absolute Gasteiger partial charge is 0.495 e. The molecule has 0 spiro atoms. The summed E-state index contributed by atoms with van der Waals surface area (Å²) in [4.78, 5) is 0. The zero-order valence-electron chi connectivity index (χ0n) is 28.1. The zero-order chi connectivity index (χ0) is 37.8. The average molecular weight is 962 g/mol. The molecule has 3 aromatic carbocycles. The van der Waals surface area contributed by atoms with E-state index < -0.39 is 0 Å². The van der Waals surface area contributed by atoms with Gasteiger partial charge in [0.2, 0.25) is 0 Å². The molecule has 0 heterocycles. The third-order valence-electron chi connectivity index (χ3n) is 6.23. The maximum atomic E-state index is 6.12. The van der Waals surface area contributed by atoms with Crippen LogP contribution in [0.3, 0.4) is 0 Å². The third-order valence-corrected chi connectivity index (χ3v) is 8.33. The van der Waals surface area contributed by atoms with Gasteiger partial charge in [0.1, 0.15) is 63.3 Å². The lowest BCUT2D eigenvalue weighted by molar-refractivity contribution is 0.360. The van der Waals surface area contributed by atoms with Crippen LogP contribution in [0.2, 0.25) is 15.1 Å². The van der Waals surface area contributed by atoms with Crippen molar-refractivity contribution in [1.82, 2.24) is 0 Å². The standard InChI is InChI=1S/C12H13Br2ClO2.C12H13Cl3O2.C11H11Cl3O2/c1-3-8-6-9(17-5-4-11(13)14)7-10(15)12(8)16-2;1-3-8-6-9(17-5-4-11(14)15)7-10(13)12(8)16-2;1-7-5-8(16-4-3-10(13)14)6-9(12)11(7)15-2/h2*4,6-7H,3,5H2,1-2H3;3,5-6H,4H2,1-2H3. The maximum Gasteiger partial charge on any atom is 0.140 e. The van der Waals surface area contributed by atoms with Crippen molar-refractivity contribution in [2.24, 2.45) is 0 Å². The second kappa shape index (κ2) is 25.6. The molecule has 0 saturated heterocycles. The molecule has 276 valence electrons. The first kappa shape index (κ1) is 46.7. The van der Waals surface area contributed by atoms with Crippen LogP contribution in [0.15, 0.2) is 67.0 Å². The number of aryl methyl sites for hydroxylation is 3. The Morgan fingerprint density at radius 1 is 0.560 bits per heavy atom. The summed E-state index contributed by atoms with van der Waals surface area (Å²) >= 11 is 46.6. The fraction of sp³-hybridized carbons (Fsp3) is 0.314. The SMILES string of the molecule is CCc1cc(OCC=C(Br)Br)cc(Cl)c1OC.CCc1cc(OCC=C(Cl)Cl)cc(Cl)c1OC.COc1c(C)cc(OCC=C(Cl)Cl)cc1Cl. The van der Waals surface area contributed by atoms with Crippen LogP contribution in [0.4, 0.5) is 0 Å². The average Bonchev–Trinajstić information content (AvgIpc) is 3.04. The predicted octanol–water partition coefficient (Wildman–Crippen LogP) is 13.9. The van der Waals surface area contributed by atoms with Crippen LogP contribution in [-0.4, -0.2) is 41.2 Å². The minimum absolute atomic E-state index is 0.177. The van der Waals surface area contributed by atoms with Crippen LogP contribution in [0.25, 0.3) is 0 Å². The Morgan fingerprint density at radius 3 is 1.20 bits per heavy atom. The molecule has 0 amide bonds. The van der Waals surface area contributed by atoms with Gasteiger partial charge in [-0.3, -0.25) is 0 Å². The zero-order valence-corrected chi connectivity index (χ0v) is 36.5. The second-order valence-electron chi connectivity index (χ2n) is 9.57. The smallest absolute Gasteiger partial charge is 0.140 e. The number of rotatable bonds is 14. The normalized spacial score (nSPS) is 9.90. The molecule has 0 N–H and O–H groups in total. The molecule has 0 aromatic heterocycles. The quantitative estimate of drug-likeness (QED) is 0.160. The van der Waals surface area contributed by atoms with Gasteiger partial charge in [-0.2, -0.15) is 0 Å². The Balaban J connectivity index is 0.000000375. The summed E-state index contributed by atoms with van der Waals surface area (Å²) in [6, 6.07) is 10.8. The lowest BCUT2D eigenvalue weighted by Crippen LogP contribution is -1.97. The lowest BCUT2D eigenvalue weighted by atomic mass is 10.1. The molecule has 0 bridgehead atoms. The van der Waals surface area contributed by atoms with Crippen molar-refractivity contribution < 1.29 is 28.4 Å². The van der Waals surface area contributed by atoms with Gasteiger partial charge in [-0.25, -0.2) is 0 Å². The molecule has 3 rings (SSSR count). The Hall–Kier alpha value is -1.33. The molecule has 3 aromatic rings. The van der Waals surface area contributed by atoms with E-state index in [0.29, 0.717) is 57.9 Å². The molecule has 0 saturated carbocycles. The number of methoxy groups -OCH3 is 3. The van der Waals surface area contributed by atoms with E-state index in [-0.39, 0.29) is 8.98 Å². The van der Waals surface area contributed by atoms with Gasteiger partial charge in [0.15, 0.2) is 0 Å². The number of ether oxygens (including phenoxy) is 6. The van der Waals surface area contributed by atoms with E-state index in [1.54, 1.807) is 51.7 Å². The first-order valence-corrected chi connectivity index (χ1v) is 18.9. The highest BCUT2D eigenvalue weighted by molar-refractivity contribution is 9.28. The van der Waals surface area contributed by atoms with E-state index in [1.165, 1.54) is 0 Å². The molecule has 0 aliphatic rings. The van der Waals surface area contributed by atoms with E-state index in [1.807, 2.05) is 45.0 Å². The summed E-state index contributed by atoms with van der Waals surface area (Å²) in [5, 5.41) is 1.62. The number of hydrogen-bond donors (Lipinski definition) is 0. The first-order valence-electron chi connectivity index (χ1n) is 14.7. The molecule has 0 unspecified atom stereocenters. The highest BCUT2D eigenvalue weighted by atomic mass is 79.9. The molecule has 0 aliphatic heterocycles. The van der Waals surface area contributed by atoms with Crippen LogP contribution in [0.1, 0.15) is 30.5 Å². The Bertz CT molecular complexity index is 1500. The van der Waals surface area contributed by atoms with E-state index in [4.69, 9.17) is 110 Å². The van der Waals surface area contributed by atoms with Crippen molar-refractivity contribution in [3.63, 3.8) is 0 Å². The molecular weight excluding hydrogens is 924 g/mol. The van der Waals surface area contributed by atoms with Crippen LogP contribution in [0, 0.1) is 6.92 Å². The lowest BCUT2D eigenvalue weighted by Gasteiger charge is -2.11. The van der Waals surface area contributed by atoms with Crippen molar-refractivity contribution in [2.45, 2.75) is 33.6 Å².